The molecule has 0 bridgehead atoms. The highest BCUT2D eigenvalue weighted by Gasteiger charge is 2.30. The van der Waals surface area contributed by atoms with Crippen LogP contribution in [0.25, 0.3) is 16.9 Å². The molecule has 0 atom stereocenters. The average molecular weight is 443 g/mol. The van der Waals surface area contributed by atoms with Gasteiger partial charge < -0.3 is 5.32 Å². The molecule has 1 aliphatic heterocycles. The van der Waals surface area contributed by atoms with Crippen molar-refractivity contribution >= 4 is 27.2 Å². The van der Waals surface area contributed by atoms with Crippen molar-refractivity contribution in [1.82, 2.24) is 14.3 Å². The lowest BCUT2D eigenvalue weighted by atomic mass is 10.1. The van der Waals surface area contributed by atoms with Crippen molar-refractivity contribution in [3.05, 3.63) is 54.0 Å². The lowest BCUT2D eigenvalue weighted by molar-refractivity contribution is -0.117. The fraction of sp³-hybridized carbons (Fsp3) is 0.364. The van der Waals surface area contributed by atoms with Gasteiger partial charge in [-0.3, -0.25) is 14.1 Å². The summed E-state index contributed by atoms with van der Waals surface area (Å²) < 4.78 is 40.0. The first-order chi connectivity index (χ1) is 14.9. The van der Waals surface area contributed by atoms with Gasteiger partial charge in [0.2, 0.25) is 5.91 Å². The van der Waals surface area contributed by atoms with Crippen molar-refractivity contribution in [1.29, 1.82) is 0 Å². The summed E-state index contributed by atoms with van der Waals surface area (Å²) in [5.41, 5.74) is 2.51. The number of anilines is 1. The summed E-state index contributed by atoms with van der Waals surface area (Å²) in [4.78, 5) is 18.5. The van der Waals surface area contributed by atoms with E-state index >= 15 is 4.39 Å². The fourth-order valence-corrected chi connectivity index (χ4v) is 5.17. The minimum Gasteiger partial charge on any atom is -0.309 e. The van der Waals surface area contributed by atoms with Crippen LogP contribution in [-0.2, 0) is 21.2 Å². The van der Waals surface area contributed by atoms with Gasteiger partial charge in [-0.05, 0) is 42.7 Å². The van der Waals surface area contributed by atoms with Crippen LogP contribution >= 0.6 is 0 Å². The first-order valence-corrected chi connectivity index (χ1v) is 12.2. The predicted octanol–water partition coefficient (Wildman–Crippen LogP) is 2.72. The Morgan fingerprint density at radius 1 is 1.16 bits per heavy atom. The standard InChI is InChI=1S/C22H23FN4O3S/c23-18-12-15(13-26-8-10-31(29,30)11-9-26)4-7-17(18)19-2-1-3-21-24-20(14-27(19)21)25-22(28)16-5-6-16/h1-4,7,12,14,16H,5-6,8-11,13H2,(H,25,28). The first-order valence-electron chi connectivity index (χ1n) is 10.4. The van der Waals surface area contributed by atoms with Crippen LogP contribution in [0.15, 0.2) is 42.6 Å². The maximum Gasteiger partial charge on any atom is 0.228 e. The van der Waals surface area contributed by atoms with E-state index in [1.165, 1.54) is 6.07 Å². The number of rotatable bonds is 5. The summed E-state index contributed by atoms with van der Waals surface area (Å²) in [6, 6.07) is 10.5. The minimum atomic E-state index is -2.94. The zero-order valence-corrected chi connectivity index (χ0v) is 17.7. The van der Waals surface area contributed by atoms with E-state index < -0.39 is 9.84 Å². The van der Waals surface area contributed by atoms with Gasteiger partial charge in [-0.1, -0.05) is 12.1 Å². The monoisotopic (exact) mass is 442 g/mol. The Bertz CT molecular complexity index is 1250. The summed E-state index contributed by atoms with van der Waals surface area (Å²) in [5.74, 6) is 0.458. The molecule has 1 saturated carbocycles. The highest BCUT2D eigenvalue weighted by Crippen LogP contribution is 2.31. The zero-order valence-electron chi connectivity index (χ0n) is 16.9. The molecular formula is C22H23FN4O3S. The Morgan fingerprint density at radius 3 is 2.65 bits per heavy atom. The van der Waals surface area contributed by atoms with E-state index in [0.29, 0.717) is 42.4 Å². The van der Waals surface area contributed by atoms with Gasteiger partial charge in [0.05, 0.1) is 23.4 Å². The topological polar surface area (TPSA) is 83.8 Å². The number of halogens is 1. The lowest BCUT2D eigenvalue weighted by Crippen LogP contribution is -2.39. The van der Waals surface area contributed by atoms with Crippen LogP contribution in [0.2, 0.25) is 0 Å². The number of amides is 1. The van der Waals surface area contributed by atoms with E-state index in [2.05, 4.69) is 10.3 Å². The molecule has 1 aromatic carbocycles. The van der Waals surface area contributed by atoms with Crippen LogP contribution < -0.4 is 5.32 Å². The molecule has 2 aromatic heterocycles. The second kappa shape index (κ2) is 7.72. The maximum absolute atomic E-state index is 15.1. The highest BCUT2D eigenvalue weighted by molar-refractivity contribution is 7.91. The summed E-state index contributed by atoms with van der Waals surface area (Å²) in [6.45, 7) is 1.45. The molecule has 5 rings (SSSR count). The zero-order chi connectivity index (χ0) is 21.6. The third kappa shape index (κ3) is 4.33. The van der Waals surface area contributed by atoms with Crippen LogP contribution in [0.3, 0.4) is 0 Å². The number of imidazole rings is 1. The van der Waals surface area contributed by atoms with E-state index in [1.807, 2.05) is 29.2 Å². The largest absolute Gasteiger partial charge is 0.309 e. The molecule has 1 amide bonds. The van der Waals surface area contributed by atoms with Gasteiger partial charge in [-0.25, -0.2) is 17.8 Å². The van der Waals surface area contributed by atoms with E-state index in [0.717, 1.165) is 18.4 Å². The fourth-order valence-electron chi connectivity index (χ4n) is 3.90. The van der Waals surface area contributed by atoms with Gasteiger partial charge in [0, 0.05) is 31.1 Å². The number of nitrogens with zero attached hydrogens (tertiary/aromatic N) is 3. The van der Waals surface area contributed by atoms with Gasteiger partial charge in [0.15, 0.2) is 15.7 Å². The molecule has 3 aromatic rings. The number of pyridine rings is 1. The summed E-state index contributed by atoms with van der Waals surface area (Å²) in [6.07, 6.45) is 3.54. The minimum absolute atomic E-state index is 0.0222. The van der Waals surface area contributed by atoms with Crippen molar-refractivity contribution < 1.29 is 17.6 Å². The molecular weight excluding hydrogens is 419 g/mol. The van der Waals surface area contributed by atoms with Crippen molar-refractivity contribution in [2.45, 2.75) is 19.4 Å². The Morgan fingerprint density at radius 2 is 1.94 bits per heavy atom. The molecule has 2 aliphatic rings. The van der Waals surface area contributed by atoms with Gasteiger partial charge in [0.25, 0.3) is 0 Å². The number of carbonyl (C=O) groups excluding carboxylic acids is 1. The van der Waals surface area contributed by atoms with Crippen LogP contribution in [0.4, 0.5) is 10.2 Å². The van der Waals surface area contributed by atoms with Crippen LogP contribution in [0, 0.1) is 11.7 Å². The van der Waals surface area contributed by atoms with Gasteiger partial charge in [-0.15, -0.1) is 0 Å². The smallest absolute Gasteiger partial charge is 0.228 e. The Hall–Kier alpha value is -2.78. The molecule has 0 unspecified atom stereocenters. The van der Waals surface area contributed by atoms with Gasteiger partial charge in [-0.2, -0.15) is 0 Å². The van der Waals surface area contributed by atoms with Crippen LogP contribution in [0.1, 0.15) is 18.4 Å². The molecule has 9 heteroatoms. The highest BCUT2D eigenvalue weighted by atomic mass is 32.2. The van der Waals surface area contributed by atoms with Gasteiger partial charge in [0.1, 0.15) is 11.5 Å². The Labute approximate surface area is 179 Å². The van der Waals surface area contributed by atoms with E-state index in [1.54, 1.807) is 16.7 Å². The quantitative estimate of drug-likeness (QED) is 0.657. The molecule has 0 spiro atoms. The molecule has 3 heterocycles. The summed E-state index contributed by atoms with van der Waals surface area (Å²) >= 11 is 0. The second-order valence-corrected chi connectivity index (χ2v) is 10.6. The summed E-state index contributed by atoms with van der Waals surface area (Å²) in [5, 5.41) is 2.83. The number of sulfone groups is 1. The van der Waals surface area contributed by atoms with Crippen LogP contribution in [-0.4, -0.2) is 53.2 Å². The Kier molecular flexibility index (Phi) is 5.02. The number of hydrogen-bond donors (Lipinski definition) is 1. The van der Waals surface area contributed by atoms with E-state index in [9.17, 15) is 13.2 Å². The lowest BCUT2D eigenvalue weighted by Gasteiger charge is -2.26. The molecule has 1 aliphatic carbocycles. The van der Waals surface area contributed by atoms with E-state index in [4.69, 9.17) is 0 Å². The number of nitrogens with one attached hydrogen (secondary N) is 1. The first kappa shape index (κ1) is 20.1. The molecule has 7 nitrogen and oxygen atoms in total. The van der Waals surface area contributed by atoms with Gasteiger partial charge >= 0.3 is 0 Å². The molecule has 1 saturated heterocycles. The third-order valence-electron chi connectivity index (χ3n) is 5.84. The number of aromatic nitrogens is 2. The number of benzene rings is 1. The average Bonchev–Trinajstić information content (AvgIpc) is 3.50. The molecule has 162 valence electrons. The van der Waals surface area contributed by atoms with Crippen molar-refractivity contribution in [3.8, 4) is 11.3 Å². The van der Waals surface area contributed by atoms with Crippen molar-refractivity contribution in [3.63, 3.8) is 0 Å². The molecule has 1 N–H and O–H groups in total. The summed E-state index contributed by atoms with van der Waals surface area (Å²) in [7, 11) is -2.94. The normalized spacial score (nSPS) is 18.9. The molecule has 31 heavy (non-hydrogen) atoms. The molecule has 0 radical (unpaired) electrons. The van der Waals surface area contributed by atoms with Crippen molar-refractivity contribution in [2.75, 3.05) is 29.9 Å². The number of fused-ring (bicyclic) bond motifs is 1. The SMILES string of the molecule is O=C(Nc1cn2c(-c3ccc(CN4CCS(=O)(=O)CC4)cc3F)cccc2n1)C1CC1. The van der Waals surface area contributed by atoms with Crippen LogP contribution in [0.5, 0.6) is 0 Å². The Balaban J connectivity index is 1.38. The predicted molar refractivity (Wildman–Crippen MR) is 116 cm³/mol. The third-order valence-corrected chi connectivity index (χ3v) is 7.45. The number of hydrogen-bond acceptors (Lipinski definition) is 5. The van der Waals surface area contributed by atoms with E-state index in [-0.39, 0.29) is 29.1 Å². The molecule has 2 fully saturated rings. The van der Waals surface area contributed by atoms with Crippen molar-refractivity contribution in [2.24, 2.45) is 5.92 Å². The maximum atomic E-state index is 15.1. The second-order valence-electron chi connectivity index (χ2n) is 8.27. The number of carbonyl (C=O) groups is 1.